The molecule has 4 nitrogen and oxygen atoms in total. The summed E-state index contributed by atoms with van der Waals surface area (Å²) in [7, 11) is 0. The first-order chi connectivity index (χ1) is 11.7. The highest BCUT2D eigenvalue weighted by molar-refractivity contribution is 5.66. The number of unbranched alkanes of at least 4 members (excludes halogenated alkanes) is 6. The van der Waals surface area contributed by atoms with Gasteiger partial charge in [0.2, 0.25) is 0 Å². The number of rotatable bonds is 16. The zero-order valence-electron chi connectivity index (χ0n) is 15.0. The fourth-order valence-electron chi connectivity index (χ4n) is 2.31. The molecule has 0 spiro atoms. The van der Waals surface area contributed by atoms with Crippen LogP contribution in [0.15, 0.2) is 36.5 Å². The molecule has 0 aromatic rings. The molecule has 0 rings (SSSR count). The minimum atomic E-state index is -0.739. The van der Waals surface area contributed by atoms with Crippen molar-refractivity contribution in [3.05, 3.63) is 36.5 Å². The minimum Gasteiger partial charge on any atom is -0.481 e. The van der Waals surface area contributed by atoms with Gasteiger partial charge >= 0.3 is 5.97 Å². The maximum Gasteiger partial charge on any atom is 0.303 e. The minimum absolute atomic E-state index is 0.234. The van der Waals surface area contributed by atoms with E-state index >= 15 is 0 Å². The summed E-state index contributed by atoms with van der Waals surface area (Å²) in [6, 6.07) is 0. The summed E-state index contributed by atoms with van der Waals surface area (Å²) in [4.78, 5) is 14.8. The Bertz CT molecular complexity index is 372. The molecule has 0 aromatic heterocycles. The van der Waals surface area contributed by atoms with Crippen LogP contribution in [-0.2, 0) is 9.68 Å². The van der Waals surface area contributed by atoms with Gasteiger partial charge in [0.05, 0.1) is 0 Å². The highest BCUT2D eigenvalue weighted by Gasteiger charge is 2.04. The van der Waals surface area contributed by atoms with Crippen LogP contribution < -0.4 is 0 Å². The Balaban J connectivity index is 3.68. The van der Waals surface area contributed by atoms with Gasteiger partial charge in [-0.15, -0.1) is 0 Å². The number of carboxylic acid groups (broad SMARTS) is 1. The number of allylic oxidation sites excluding steroid dienone is 5. The molecule has 1 unspecified atom stereocenters. The average molecular weight is 338 g/mol. The van der Waals surface area contributed by atoms with E-state index in [1.807, 2.05) is 18.2 Å². The first kappa shape index (κ1) is 22.6. The Labute approximate surface area is 146 Å². The summed E-state index contributed by atoms with van der Waals surface area (Å²) in [6.07, 6.45) is 22.3. The summed E-state index contributed by atoms with van der Waals surface area (Å²) in [5.41, 5.74) is 0. The topological polar surface area (TPSA) is 66.8 Å². The number of hydrogen-bond donors (Lipinski definition) is 2. The van der Waals surface area contributed by atoms with Gasteiger partial charge in [0, 0.05) is 6.42 Å². The van der Waals surface area contributed by atoms with Crippen molar-refractivity contribution in [1.82, 2.24) is 0 Å². The van der Waals surface area contributed by atoms with Crippen LogP contribution in [0.5, 0.6) is 0 Å². The lowest BCUT2D eigenvalue weighted by atomic mass is 10.1. The molecular weight excluding hydrogens is 304 g/mol. The van der Waals surface area contributed by atoms with Crippen molar-refractivity contribution in [2.45, 2.75) is 83.7 Å². The first-order valence-electron chi connectivity index (χ1n) is 9.21. The van der Waals surface area contributed by atoms with Crippen LogP contribution >= 0.6 is 0 Å². The summed E-state index contributed by atoms with van der Waals surface area (Å²) < 4.78 is 0. The fraction of sp³-hybridized carbons (Fsp3) is 0.650. The van der Waals surface area contributed by atoms with Gasteiger partial charge in [-0.3, -0.25) is 10.1 Å². The van der Waals surface area contributed by atoms with Crippen LogP contribution in [0.4, 0.5) is 0 Å². The maximum absolute atomic E-state index is 10.4. The van der Waals surface area contributed by atoms with E-state index in [1.165, 1.54) is 19.3 Å². The molecule has 0 saturated heterocycles. The molecule has 0 aromatic carbocycles. The average Bonchev–Trinajstić information content (AvgIpc) is 2.57. The van der Waals surface area contributed by atoms with E-state index in [4.69, 9.17) is 10.4 Å². The second-order valence-electron chi connectivity index (χ2n) is 6.01. The normalized spacial score (nSPS) is 13.4. The molecule has 1 atom stereocenters. The Morgan fingerprint density at radius 2 is 1.79 bits per heavy atom. The molecule has 0 heterocycles. The van der Waals surface area contributed by atoms with Crippen LogP contribution in [0.2, 0.25) is 0 Å². The van der Waals surface area contributed by atoms with E-state index in [0.29, 0.717) is 6.42 Å². The van der Waals surface area contributed by atoms with Crippen LogP contribution in [0.1, 0.15) is 77.6 Å². The maximum atomic E-state index is 10.4. The number of carbonyl (C=O) groups is 1. The standard InChI is InChI=1S/C20H34O4/c1-2-3-4-5-6-7-8-9-10-13-16-19(24-23)17-14-11-12-15-18-20(21)22/h6-7,9-10,13,16,19,23H,2-5,8,11-12,14-15,17-18H2,1H3,(H,21,22). The Morgan fingerprint density at radius 3 is 2.50 bits per heavy atom. The molecule has 138 valence electrons. The van der Waals surface area contributed by atoms with Gasteiger partial charge < -0.3 is 5.11 Å². The summed E-state index contributed by atoms with van der Waals surface area (Å²) in [6.45, 7) is 2.21. The Morgan fingerprint density at radius 1 is 1.00 bits per heavy atom. The van der Waals surface area contributed by atoms with E-state index in [9.17, 15) is 4.79 Å². The zero-order chi connectivity index (χ0) is 17.9. The van der Waals surface area contributed by atoms with Gasteiger partial charge in [-0.2, -0.15) is 0 Å². The molecule has 0 aliphatic heterocycles. The molecule has 0 radical (unpaired) electrons. The SMILES string of the molecule is CCCCCC=CCC=CC=CC(CCCCCCC(=O)O)OO. The molecule has 24 heavy (non-hydrogen) atoms. The second kappa shape index (κ2) is 18.0. The lowest BCUT2D eigenvalue weighted by Gasteiger charge is -2.07. The summed E-state index contributed by atoms with van der Waals surface area (Å²) in [5.74, 6) is -0.739. The van der Waals surface area contributed by atoms with Crippen molar-refractivity contribution in [2.75, 3.05) is 0 Å². The number of hydrogen-bond acceptors (Lipinski definition) is 3. The number of carboxylic acids is 1. The zero-order valence-corrected chi connectivity index (χ0v) is 15.0. The molecule has 0 aliphatic rings. The van der Waals surface area contributed by atoms with Crippen molar-refractivity contribution in [1.29, 1.82) is 0 Å². The molecule has 0 aliphatic carbocycles. The van der Waals surface area contributed by atoms with Crippen molar-refractivity contribution >= 4 is 5.97 Å². The lowest BCUT2D eigenvalue weighted by molar-refractivity contribution is -0.267. The van der Waals surface area contributed by atoms with E-state index in [-0.39, 0.29) is 12.5 Å². The van der Waals surface area contributed by atoms with Crippen LogP contribution in [-0.4, -0.2) is 22.4 Å². The Hall–Kier alpha value is -1.39. The van der Waals surface area contributed by atoms with Gasteiger partial charge in [-0.25, -0.2) is 4.89 Å². The van der Waals surface area contributed by atoms with Gasteiger partial charge in [-0.1, -0.05) is 75.5 Å². The highest BCUT2D eigenvalue weighted by atomic mass is 17.1. The number of aliphatic carboxylic acids is 1. The largest absolute Gasteiger partial charge is 0.481 e. The third kappa shape index (κ3) is 17.0. The molecule has 4 heteroatoms. The third-order valence-electron chi connectivity index (χ3n) is 3.75. The van der Waals surface area contributed by atoms with Gasteiger partial charge in [0.1, 0.15) is 6.10 Å². The van der Waals surface area contributed by atoms with Crippen LogP contribution in [0.3, 0.4) is 0 Å². The van der Waals surface area contributed by atoms with E-state index < -0.39 is 5.97 Å². The van der Waals surface area contributed by atoms with Gasteiger partial charge in [0.25, 0.3) is 0 Å². The highest BCUT2D eigenvalue weighted by Crippen LogP contribution is 2.10. The van der Waals surface area contributed by atoms with E-state index in [0.717, 1.165) is 38.5 Å². The first-order valence-corrected chi connectivity index (χ1v) is 9.21. The van der Waals surface area contributed by atoms with Crippen LogP contribution in [0.25, 0.3) is 0 Å². The van der Waals surface area contributed by atoms with Gasteiger partial charge in [-0.05, 0) is 32.1 Å². The van der Waals surface area contributed by atoms with E-state index in [2.05, 4.69) is 30.0 Å². The predicted octanol–water partition coefficient (Wildman–Crippen LogP) is 5.91. The summed E-state index contributed by atoms with van der Waals surface area (Å²) in [5, 5.41) is 17.4. The molecule has 0 saturated carbocycles. The van der Waals surface area contributed by atoms with Crippen molar-refractivity contribution < 1.29 is 20.0 Å². The Kier molecular flexibility index (Phi) is 16.9. The lowest BCUT2D eigenvalue weighted by Crippen LogP contribution is -2.06. The fourth-order valence-corrected chi connectivity index (χ4v) is 2.31. The van der Waals surface area contributed by atoms with Crippen LogP contribution in [0, 0.1) is 0 Å². The quantitative estimate of drug-likeness (QED) is 0.121. The van der Waals surface area contributed by atoms with Crippen molar-refractivity contribution in [3.63, 3.8) is 0 Å². The monoisotopic (exact) mass is 338 g/mol. The molecule has 0 amide bonds. The second-order valence-corrected chi connectivity index (χ2v) is 6.01. The molecule has 0 fully saturated rings. The van der Waals surface area contributed by atoms with E-state index in [1.54, 1.807) is 0 Å². The summed E-state index contributed by atoms with van der Waals surface area (Å²) >= 11 is 0. The predicted molar refractivity (Wildman–Crippen MR) is 99.0 cm³/mol. The van der Waals surface area contributed by atoms with Crippen molar-refractivity contribution in [3.8, 4) is 0 Å². The third-order valence-corrected chi connectivity index (χ3v) is 3.75. The molecule has 2 N–H and O–H groups in total. The molecular formula is C20H34O4. The van der Waals surface area contributed by atoms with Gasteiger partial charge in [0.15, 0.2) is 0 Å². The van der Waals surface area contributed by atoms with Crippen molar-refractivity contribution in [2.24, 2.45) is 0 Å². The molecule has 0 bridgehead atoms. The smallest absolute Gasteiger partial charge is 0.303 e.